The second-order valence-corrected chi connectivity index (χ2v) is 10.0. The van der Waals surface area contributed by atoms with Gasteiger partial charge in [-0.2, -0.15) is 0 Å². The third-order valence-electron chi connectivity index (χ3n) is 6.36. The number of carbonyl (C=O) groups is 2. The van der Waals surface area contributed by atoms with Gasteiger partial charge in [0, 0.05) is 17.8 Å². The number of rotatable bonds is 9. The number of halogens is 1. The highest BCUT2D eigenvalue weighted by Crippen LogP contribution is 2.31. The van der Waals surface area contributed by atoms with Crippen LogP contribution in [0.5, 0.6) is 0 Å². The van der Waals surface area contributed by atoms with Crippen LogP contribution in [0.25, 0.3) is 11.3 Å². The van der Waals surface area contributed by atoms with Crippen molar-refractivity contribution in [2.75, 3.05) is 0 Å². The van der Waals surface area contributed by atoms with Crippen molar-refractivity contribution >= 4 is 11.9 Å². The van der Waals surface area contributed by atoms with Gasteiger partial charge >= 0.3 is 5.97 Å². The average Bonchev–Trinajstić information content (AvgIpc) is 2.79. The van der Waals surface area contributed by atoms with Crippen molar-refractivity contribution < 1.29 is 19.1 Å². The fourth-order valence-electron chi connectivity index (χ4n) is 4.56. The van der Waals surface area contributed by atoms with Crippen LogP contribution in [-0.4, -0.2) is 26.5 Å². The molecule has 0 fully saturated rings. The maximum Gasteiger partial charge on any atom is 0.305 e. The Kier molecular flexibility index (Phi) is 8.63. The van der Waals surface area contributed by atoms with Crippen molar-refractivity contribution in [3.05, 3.63) is 86.7 Å². The Morgan fingerprint density at radius 1 is 1.05 bits per heavy atom. The van der Waals surface area contributed by atoms with E-state index < -0.39 is 36.2 Å². The Balaban J connectivity index is 2.09. The normalized spacial score (nSPS) is 12.9. The highest BCUT2D eigenvalue weighted by atomic mass is 19.1. The maximum atomic E-state index is 15.4. The third-order valence-corrected chi connectivity index (χ3v) is 6.36. The van der Waals surface area contributed by atoms with Crippen molar-refractivity contribution in [2.45, 2.75) is 66.5 Å². The Labute approximate surface area is 216 Å². The SMILES string of the molecule is Cc1ccn(C(CC(C)C)C(=O)NC(CC(=O)O)c2nc(-c3c(C)cccc3C)cc(C)c2F)c(=O)c1. The minimum atomic E-state index is -1.23. The number of carboxylic acid groups (broad SMARTS) is 1. The molecule has 1 amide bonds. The Morgan fingerprint density at radius 3 is 2.27 bits per heavy atom. The Hall–Kier alpha value is -3.81. The van der Waals surface area contributed by atoms with Crippen LogP contribution in [-0.2, 0) is 9.59 Å². The molecule has 0 aliphatic heterocycles. The van der Waals surface area contributed by atoms with E-state index in [1.54, 1.807) is 32.2 Å². The van der Waals surface area contributed by atoms with Crippen LogP contribution in [0.3, 0.4) is 0 Å². The quantitative estimate of drug-likeness (QED) is 0.414. The number of hydrogen-bond acceptors (Lipinski definition) is 4. The van der Waals surface area contributed by atoms with Crippen molar-refractivity contribution in [2.24, 2.45) is 5.92 Å². The number of aliphatic carboxylic acids is 1. The summed E-state index contributed by atoms with van der Waals surface area (Å²) in [5.74, 6) is -2.39. The number of amides is 1. The molecule has 0 saturated heterocycles. The molecule has 1 aromatic carbocycles. The minimum Gasteiger partial charge on any atom is -0.481 e. The van der Waals surface area contributed by atoms with Crippen LogP contribution in [0.15, 0.2) is 47.4 Å². The fourth-order valence-corrected chi connectivity index (χ4v) is 4.56. The molecule has 37 heavy (non-hydrogen) atoms. The minimum absolute atomic E-state index is 0.0614. The summed E-state index contributed by atoms with van der Waals surface area (Å²) in [6.07, 6.45) is 1.33. The van der Waals surface area contributed by atoms with Gasteiger partial charge in [0.25, 0.3) is 5.56 Å². The van der Waals surface area contributed by atoms with Gasteiger partial charge in [-0.05, 0) is 74.4 Å². The molecular formula is C29H34FN3O4. The zero-order valence-corrected chi connectivity index (χ0v) is 22.1. The molecule has 3 aromatic rings. The lowest BCUT2D eigenvalue weighted by molar-refractivity contribution is -0.138. The van der Waals surface area contributed by atoms with Crippen LogP contribution in [0.4, 0.5) is 4.39 Å². The molecule has 0 aliphatic carbocycles. The summed E-state index contributed by atoms with van der Waals surface area (Å²) < 4.78 is 16.8. The number of carbonyl (C=O) groups excluding carboxylic acids is 1. The lowest BCUT2D eigenvalue weighted by Crippen LogP contribution is -2.40. The molecule has 2 N–H and O–H groups in total. The van der Waals surface area contributed by atoms with Crippen LogP contribution < -0.4 is 10.9 Å². The first-order valence-corrected chi connectivity index (χ1v) is 12.3. The molecule has 2 heterocycles. The molecule has 0 spiro atoms. The van der Waals surface area contributed by atoms with E-state index in [2.05, 4.69) is 10.3 Å². The fraction of sp³-hybridized carbons (Fsp3) is 0.379. The number of hydrogen-bond donors (Lipinski definition) is 2. The summed E-state index contributed by atoms with van der Waals surface area (Å²) in [6, 6.07) is 8.44. The number of aromatic nitrogens is 2. The number of benzene rings is 1. The van der Waals surface area contributed by atoms with Crippen LogP contribution in [0, 0.1) is 39.4 Å². The van der Waals surface area contributed by atoms with Crippen LogP contribution >= 0.6 is 0 Å². The number of carboxylic acids is 1. The number of aryl methyl sites for hydroxylation is 4. The molecule has 0 radical (unpaired) electrons. The molecule has 0 aliphatic rings. The number of pyridine rings is 2. The van der Waals surface area contributed by atoms with E-state index in [0.29, 0.717) is 17.7 Å². The van der Waals surface area contributed by atoms with Gasteiger partial charge in [0.05, 0.1) is 23.9 Å². The molecule has 8 heteroatoms. The van der Waals surface area contributed by atoms with E-state index in [-0.39, 0.29) is 17.2 Å². The van der Waals surface area contributed by atoms with E-state index in [1.807, 2.05) is 45.9 Å². The Morgan fingerprint density at radius 2 is 1.70 bits per heavy atom. The van der Waals surface area contributed by atoms with Crippen molar-refractivity contribution in [1.82, 2.24) is 14.9 Å². The molecule has 196 valence electrons. The van der Waals surface area contributed by atoms with E-state index >= 15 is 4.39 Å². The summed E-state index contributed by atoms with van der Waals surface area (Å²) in [5, 5.41) is 12.3. The first kappa shape index (κ1) is 27.8. The second kappa shape index (κ2) is 11.5. The van der Waals surface area contributed by atoms with Gasteiger partial charge in [-0.25, -0.2) is 9.37 Å². The van der Waals surface area contributed by atoms with Gasteiger partial charge in [0.15, 0.2) is 0 Å². The second-order valence-electron chi connectivity index (χ2n) is 10.0. The maximum absolute atomic E-state index is 15.4. The zero-order valence-electron chi connectivity index (χ0n) is 22.1. The topological polar surface area (TPSA) is 101 Å². The molecule has 3 rings (SSSR count). The standard InChI is InChI=1S/C29H34FN3O4/c1-16(2)12-23(33-11-10-17(3)13-24(33)34)29(37)32-22(15-25(35)36)28-27(30)20(6)14-21(31-28)26-18(4)8-7-9-19(26)5/h7-11,13-14,16,22-23H,12,15H2,1-6H3,(H,32,37)(H,35,36). The van der Waals surface area contributed by atoms with Gasteiger partial charge in [0.2, 0.25) is 5.91 Å². The summed E-state index contributed by atoms with van der Waals surface area (Å²) in [4.78, 5) is 42.5. The van der Waals surface area contributed by atoms with Crippen molar-refractivity contribution in [3.8, 4) is 11.3 Å². The Bertz CT molecular complexity index is 1360. The largest absolute Gasteiger partial charge is 0.481 e. The van der Waals surface area contributed by atoms with Crippen molar-refractivity contribution in [1.29, 1.82) is 0 Å². The highest BCUT2D eigenvalue weighted by Gasteiger charge is 2.30. The number of nitrogens with zero attached hydrogens (tertiary/aromatic N) is 2. The lowest BCUT2D eigenvalue weighted by atomic mass is 9.97. The summed E-state index contributed by atoms with van der Waals surface area (Å²) in [7, 11) is 0. The van der Waals surface area contributed by atoms with E-state index in [4.69, 9.17) is 0 Å². The lowest BCUT2D eigenvalue weighted by Gasteiger charge is -2.25. The molecule has 2 unspecified atom stereocenters. The predicted molar refractivity (Wildman–Crippen MR) is 141 cm³/mol. The summed E-state index contributed by atoms with van der Waals surface area (Å²) >= 11 is 0. The van der Waals surface area contributed by atoms with E-state index in [0.717, 1.165) is 22.3 Å². The predicted octanol–water partition coefficient (Wildman–Crippen LogP) is 5.20. The molecule has 0 bridgehead atoms. The first-order valence-electron chi connectivity index (χ1n) is 12.3. The van der Waals surface area contributed by atoms with Crippen LogP contribution in [0.1, 0.15) is 66.7 Å². The van der Waals surface area contributed by atoms with Gasteiger partial charge in [0.1, 0.15) is 11.9 Å². The molecule has 2 aromatic heterocycles. The van der Waals surface area contributed by atoms with Crippen LogP contribution in [0.2, 0.25) is 0 Å². The molecule has 7 nitrogen and oxygen atoms in total. The first-order chi connectivity index (χ1) is 17.4. The number of nitrogens with one attached hydrogen (secondary N) is 1. The van der Waals surface area contributed by atoms with Crippen molar-refractivity contribution in [3.63, 3.8) is 0 Å². The summed E-state index contributed by atoms with van der Waals surface area (Å²) in [5.41, 5.74) is 3.79. The average molecular weight is 508 g/mol. The van der Waals surface area contributed by atoms with E-state index in [1.165, 1.54) is 10.6 Å². The van der Waals surface area contributed by atoms with Gasteiger partial charge in [-0.1, -0.05) is 32.0 Å². The van der Waals surface area contributed by atoms with E-state index in [9.17, 15) is 19.5 Å². The zero-order chi connectivity index (χ0) is 27.4. The third kappa shape index (κ3) is 6.50. The molecule has 2 atom stereocenters. The molecule has 0 saturated carbocycles. The highest BCUT2D eigenvalue weighted by molar-refractivity contribution is 5.81. The van der Waals surface area contributed by atoms with Gasteiger partial charge in [-0.3, -0.25) is 14.4 Å². The van der Waals surface area contributed by atoms with Gasteiger partial charge in [-0.15, -0.1) is 0 Å². The monoisotopic (exact) mass is 507 g/mol. The van der Waals surface area contributed by atoms with Gasteiger partial charge < -0.3 is 15.0 Å². The smallest absolute Gasteiger partial charge is 0.305 e. The summed E-state index contributed by atoms with van der Waals surface area (Å²) in [6.45, 7) is 11.1. The molecular weight excluding hydrogens is 473 g/mol.